The van der Waals surface area contributed by atoms with Crippen LogP contribution in [0.25, 0.3) is 0 Å². The monoisotopic (exact) mass is 452 g/mol. The number of benzene rings is 2. The summed E-state index contributed by atoms with van der Waals surface area (Å²) in [5.41, 5.74) is 1.25. The van der Waals surface area contributed by atoms with E-state index in [9.17, 15) is 8.78 Å². The molecule has 2 fully saturated rings. The van der Waals surface area contributed by atoms with E-state index in [-0.39, 0.29) is 0 Å². The Morgan fingerprint density at radius 2 is 1.52 bits per heavy atom. The SMILES string of the molecule is CC#N.CCCN(CCc1ccccc1)C(C)CCc1ccc(C2(F)CC2)c(C2(F)CC2)c1. The van der Waals surface area contributed by atoms with E-state index < -0.39 is 11.3 Å². The summed E-state index contributed by atoms with van der Waals surface area (Å²) in [6.45, 7) is 8.11. The zero-order valence-corrected chi connectivity index (χ0v) is 20.4. The van der Waals surface area contributed by atoms with Crippen molar-refractivity contribution in [3.8, 4) is 6.07 Å². The van der Waals surface area contributed by atoms with Crippen molar-refractivity contribution in [2.24, 2.45) is 0 Å². The summed E-state index contributed by atoms with van der Waals surface area (Å²) in [6.07, 6.45) is 6.32. The molecule has 2 nitrogen and oxygen atoms in total. The lowest BCUT2D eigenvalue weighted by Crippen LogP contribution is -2.35. The molecule has 2 saturated carbocycles. The second kappa shape index (κ2) is 11.3. The highest BCUT2D eigenvalue weighted by Crippen LogP contribution is 2.58. The maximum atomic E-state index is 14.9. The number of halogens is 2. The fourth-order valence-electron chi connectivity index (χ4n) is 4.58. The smallest absolute Gasteiger partial charge is 0.136 e. The average molecular weight is 453 g/mol. The van der Waals surface area contributed by atoms with E-state index in [0.717, 1.165) is 44.3 Å². The molecule has 1 atom stereocenters. The number of nitriles is 1. The van der Waals surface area contributed by atoms with E-state index in [1.807, 2.05) is 18.2 Å². The zero-order valence-electron chi connectivity index (χ0n) is 20.4. The van der Waals surface area contributed by atoms with Crippen molar-refractivity contribution >= 4 is 0 Å². The van der Waals surface area contributed by atoms with E-state index in [2.05, 4.69) is 49.1 Å². The zero-order chi connectivity index (χ0) is 23.9. The van der Waals surface area contributed by atoms with E-state index in [0.29, 0.717) is 42.9 Å². The molecule has 1 unspecified atom stereocenters. The first-order valence-corrected chi connectivity index (χ1v) is 12.5. The molecule has 0 aromatic heterocycles. The van der Waals surface area contributed by atoms with Crippen LogP contribution in [0, 0.1) is 11.3 Å². The second-order valence-electron chi connectivity index (χ2n) is 9.69. The van der Waals surface area contributed by atoms with Gasteiger partial charge in [0.1, 0.15) is 11.3 Å². The van der Waals surface area contributed by atoms with Gasteiger partial charge in [-0.1, -0.05) is 55.5 Å². The van der Waals surface area contributed by atoms with Crippen molar-refractivity contribution in [2.75, 3.05) is 13.1 Å². The Hall–Kier alpha value is -2.25. The first kappa shape index (κ1) is 25.4. The number of hydrogen-bond acceptors (Lipinski definition) is 2. The van der Waals surface area contributed by atoms with Gasteiger partial charge in [-0.15, -0.1) is 0 Å². The highest BCUT2D eigenvalue weighted by molar-refractivity contribution is 5.44. The predicted molar refractivity (Wildman–Crippen MR) is 132 cm³/mol. The van der Waals surface area contributed by atoms with Crippen LogP contribution in [0.4, 0.5) is 8.78 Å². The van der Waals surface area contributed by atoms with Crippen molar-refractivity contribution in [3.63, 3.8) is 0 Å². The lowest BCUT2D eigenvalue weighted by molar-refractivity contribution is 0.202. The average Bonchev–Trinajstić information content (AvgIpc) is 3.75. The molecule has 4 heteroatoms. The topological polar surface area (TPSA) is 27.0 Å². The van der Waals surface area contributed by atoms with Gasteiger partial charge >= 0.3 is 0 Å². The highest BCUT2D eigenvalue weighted by atomic mass is 19.1. The molecule has 0 amide bonds. The van der Waals surface area contributed by atoms with Crippen LogP contribution >= 0.6 is 0 Å². The van der Waals surface area contributed by atoms with Crippen LogP contribution in [0.15, 0.2) is 48.5 Å². The molecular formula is C29H38F2N2. The van der Waals surface area contributed by atoms with Gasteiger partial charge in [-0.3, -0.25) is 0 Å². The molecule has 0 heterocycles. The molecule has 33 heavy (non-hydrogen) atoms. The molecule has 2 aliphatic carbocycles. The van der Waals surface area contributed by atoms with Gasteiger partial charge in [0.2, 0.25) is 0 Å². The molecule has 2 aliphatic rings. The Kier molecular flexibility index (Phi) is 8.65. The Labute approximate surface area is 198 Å². The minimum absolute atomic E-state index is 0.466. The van der Waals surface area contributed by atoms with E-state index in [1.165, 1.54) is 12.5 Å². The first-order chi connectivity index (χ1) is 15.8. The molecule has 2 aromatic carbocycles. The van der Waals surface area contributed by atoms with Crippen LogP contribution in [0.1, 0.15) is 81.5 Å². The molecule has 0 N–H and O–H groups in total. The lowest BCUT2D eigenvalue weighted by atomic mass is 9.92. The maximum absolute atomic E-state index is 14.9. The largest absolute Gasteiger partial charge is 0.300 e. The Morgan fingerprint density at radius 3 is 2.09 bits per heavy atom. The maximum Gasteiger partial charge on any atom is 0.136 e. The summed E-state index contributed by atoms with van der Waals surface area (Å²) in [5, 5.41) is 7.32. The van der Waals surface area contributed by atoms with Crippen molar-refractivity contribution < 1.29 is 8.78 Å². The van der Waals surface area contributed by atoms with Gasteiger partial charge in [-0.05, 0) is 87.1 Å². The van der Waals surface area contributed by atoms with Crippen molar-refractivity contribution in [1.29, 1.82) is 5.26 Å². The molecule has 0 saturated heterocycles. The molecule has 0 spiro atoms. The van der Waals surface area contributed by atoms with Gasteiger partial charge in [0.15, 0.2) is 0 Å². The predicted octanol–water partition coefficient (Wildman–Crippen LogP) is 7.41. The summed E-state index contributed by atoms with van der Waals surface area (Å²) in [7, 11) is 0. The third-order valence-corrected chi connectivity index (χ3v) is 6.94. The molecule has 0 aliphatic heterocycles. The van der Waals surface area contributed by atoms with Crippen LogP contribution in [-0.2, 0) is 24.2 Å². The number of aryl methyl sites for hydroxylation is 1. The van der Waals surface area contributed by atoms with Crippen LogP contribution in [0.2, 0.25) is 0 Å². The van der Waals surface area contributed by atoms with Crippen molar-refractivity contribution in [3.05, 3.63) is 70.8 Å². The van der Waals surface area contributed by atoms with Gasteiger partial charge in [0.25, 0.3) is 0 Å². The quantitative estimate of drug-likeness (QED) is 0.355. The molecule has 0 radical (unpaired) electrons. The Morgan fingerprint density at radius 1 is 0.909 bits per heavy atom. The van der Waals surface area contributed by atoms with Gasteiger partial charge < -0.3 is 4.90 Å². The minimum atomic E-state index is -1.28. The number of hydrogen-bond donors (Lipinski definition) is 0. The summed E-state index contributed by atoms with van der Waals surface area (Å²) in [6, 6.07) is 18.8. The fourth-order valence-corrected chi connectivity index (χ4v) is 4.58. The summed E-state index contributed by atoms with van der Waals surface area (Å²) < 4.78 is 29.7. The fraction of sp³-hybridized carbons (Fsp3) is 0.552. The van der Waals surface area contributed by atoms with Gasteiger partial charge in [0, 0.05) is 19.5 Å². The van der Waals surface area contributed by atoms with Gasteiger partial charge in [-0.25, -0.2) is 8.78 Å². The first-order valence-electron chi connectivity index (χ1n) is 12.5. The molecule has 178 valence electrons. The Balaban J connectivity index is 0.000000968. The molecule has 2 aromatic rings. The minimum Gasteiger partial charge on any atom is -0.300 e. The van der Waals surface area contributed by atoms with E-state index in [4.69, 9.17) is 5.26 Å². The van der Waals surface area contributed by atoms with Crippen molar-refractivity contribution in [2.45, 2.75) is 89.5 Å². The third kappa shape index (κ3) is 6.87. The number of rotatable bonds is 11. The summed E-state index contributed by atoms with van der Waals surface area (Å²) in [5.74, 6) is 0. The summed E-state index contributed by atoms with van der Waals surface area (Å²) >= 11 is 0. The van der Waals surface area contributed by atoms with Crippen LogP contribution in [-0.4, -0.2) is 24.0 Å². The van der Waals surface area contributed by atoms with E-state index in [1.54, 1.807) is 6.07 Å². The summed E-state index contributed by atoms with van der Waals surface area (Å²) in [4.78, 5) is 2.57. The van der Waals surface area contributed by atoms with Crippen LogP contribution in [0.3, 0.4) is 0 Å². The number of alkyl halides is 2. The van der Waals surface area contributed by atoms with Crippen molar-refractivity contribution in [1.82, 2.24) is 4.90 Å². The highest BCUT2D eigenvalue weighted by Gasteiger charge is 2.53. The molecule has 0 bridgehead atoms. The van der Waals surface area contributed by atoms with Crippen LogP contribution < -0.4 is 0 Å². The van der Waals surface area contributed by atoms with Gasteiger partial charge in [-0.2, -0.15) is 5.26 Å². The van der Waals surface area contributed by atoms with Crippen LogP contribution in [0.5, 0.6) is 0 Å². The molecule has 4 rings (SSSR count). The number of nitrogens with zero attached hydrogens (tertiary/aromatic N) is 2. The third-order valence-electron chi connectivity index (χ3n) is 6.94. The standard InChI is InChI=1S/C27H35F2N.C2H3N/c1-3-18-30(19-13-22-7-5-4-6-8-22)21(2)9-10-23-11-12-24(26(28)14-15-26)25(20-23)27(29)16-17-27;1-2-3/h4-8,11-12,20-21H,3,9-10,13-19H2,1-2H3;1H3. The molecular weight excluding hydrogens is 414 g/mol. The normalized spacial score (nSPS) is 18.1. The Bertz CT molecular complexity index is 926. The lowest BCUT2D eigenvalue weighted by Gasteiger charge is -2.29. The van der Waals surface area contributed by atoms with E-state index >= 15 is 0 Å². The van der Waals surface area contributed by atoms with Gasteiger partial charge in [0.05, 0.1) is 6.07 Å². The second-order valence-corrected chi connectivity index (χ2v) is 9.69.